The molecule has 1 aliphatic rings. The van der Waals surface area contributed by atoms with Crippen LogP contribution in [0.3, 0.4) is 0 Å². The number of nitrogens with zero attached hydrogens (tertiary/aromatic N) is 5. The van der Waals surface area contributed by atoms with Crippen molar-refractivity contribution in [3.8, 4) is 33.2 Å². The molecule has 2 N–H and O–H groups in total. The molecule has 0 spiro atoms. The van der Waals surface area contributed by atoms with E-state index in [1.807, 2.05) is 35.7 Å². The van der Waals surface area contributed by atoms with Gasteiger partial charge in [0.15, 0.2) is 11.6 Å². The van der Waals surface area contributed by atoms with Gasteiger partial charge in [-0.2, -0.15) is 5.10 Å². The number of pyridine rings is 2. The summed E-state index contributed by atoms with van der Waals surface area (Å²) in [5.41, 5.74) is 4.65. The molecule has 0 saturated carbocycles. The fourth-order valence-electron chi connectivity index (χ4n) is 5.03. The minimum Gasteiger partial charge on any atom is -0.337 e. The van der Waals surface area contributed by atoms with Crippen LogP contribution >= 0.6 is 11.3 Å². The second-order valence-corrected chi connectivity index (χ2v) is 10.4. The van der Waals surface area contributed by atoms with Gasteiger partial charge in [-0.3, -0.25) is 20.0 Å². The SMILES string of the molecule is Fc1c(-c2cncc(CN3CCC(F)(F)C3)c2)ncc2[nH]nc(-c3nc4c(-c5cccs5)cccc4[nH]3)c12. The molecule has 11 heteroatoms. The number of hydrogen-bond donors (Lipinski definition) is 2. The van der Waals surface area contributed by atoms with Gasteiger partial charge in [-0.25, -0.2) is 18.2 Å². The molecular formula is C27H20F3N7S. The average Bonchev–Trinajstić information content (AvgIpc) is 3.70. The molecule has 1 aromatic carbocycles. The van der Waals surface area contributed by atoms with Crippen LogP contribution in [-0.4, -0.2) is 54.0 Å². The van der Waals surface area contributed by atoms with Crippen LogP contribution in [0.5, 0.6) is 0 Å². The highest BCUT2D eigenvalue weighted by atomic mass is 32.1. The first-order valence-corrected chi connectivity index (χ1v) is 12.9. The van der Waals surface area contributed by atoms with Crippen molar-refractivity contribution in [2.45, 2.75) is 18.9 Å². The zero-order chi connectivity index (χ0) is 25.9. The molecule has 1 aliphatic heterocycles. The fourth-order valence-corrected chi connectivity index (χ4v) is 5.78. The van der Waals surface area contributed by atoms with Gasteiger partial charge in [0.25, 0.3) is 5.92 Å². The average molecular weight is 532 g/mol. The molecular weight excluding hydrogens is 511 g/mol. The van der Waals surface area contributed by atoms with Gasteiger partial charge in [-0.15, -0.1) is 11.3 Å². The summed E-state index contributed by atoms with van der Waals surface area (Å²) in [6.45, 7) is 0.322. The van der Waals surface area contributed by atoms with Crippen LogP contribution in [0, 0.1) is 5.82 Å². The quantitative estimate of drug-likeness (QED) is 0.274. The molecule has 0 atom stereocenters. The predicted octanol–water partition coefficient (Wildman–Crippen LogP) is 6.27. The van der Waals surface area contributed by atoms with Gasteiger partial charge < -0.3 is 4.98 Å². The third-order valence-corrected chi connectivity index (χ3v) is 7.69. The Bertz CT molecular complexity index is 1790. The van der Waals surface area contributed by atoms with Crippen molar-refractivity contribution in [3.63, 3.8) is 0 Å². The summed E-state index contributed by atoms with van der Waals surface area (Å²) in [6.07, 6.45) is 4.50. The lowest BCUT2D eigenvalue weighted by atomic mass is 10.1. The molecule has 6 aromatic rings. The third kappa shape index (κ3) is 3.95. The van der Waals surface area contributed by atoms with Gasteiger partial charge in [-0.05, 0) is 29.1 Å². The number of fused-ring (bicyclic) bond motifs is 2. The largest absolute Gasteiger partial charge is 0.337 e. The second-order valence-electron chi connectivity index (χ2n) is 9.44. The van der Waals surface area contributed by atoms with Crippen molar-refractivity contribution in [2.75, 3.05) is 13.1 Å². The highest BCUT2D eigenvalue weighted by Gasteiger charge is 2.38. The number of halogens is 3. The highest BCUT2D eigenvalue weighted by molar-refractivity contribution is 7.13. The maximum absolute atomic E-state index is 16.0. The number of benzene rings is 1. The third-order valence-electron chi connectivity index (χ3n) is 6.79. The zero-order valence-electron chi connectivity index (χ0n) is 19.9. The standard InChI is InChI=1S/C27H20F3N7S/c28-22-21-19(12-32-23(22)16-9-15(10-31-11-16)13-37-7-6-27(29,30)14-37)35-36-25(21)26-33-18-4-1-3-17(24(18)34-26)20-5-2-8-38-20/h1-5,8-12H,6-7,13-14H2,(H,33,34)(H,35,36). The number of hydrogen-bond acceptors (Lipinski definition) is 6. The van der Waals surface area contributed by atoms with E-state index < -0.39 is 11.7 Å². The summed E-state index contributed by atoms with van der Waals surface area (Å²) in [5, 5.41) is 9.49. The monoisotopic (exact) mass is 531 g/mol. The first-order chi connectivity index (χ1) is 18.4. The Balaban J connectivity index is 1.28. The maximum Gasteiger partial charge on any atom is 0.261 e. The van der Waals surface area contributed by atoms with Crippen molar-refractivity contribution in [1.29, 1.82) is 0 Å². The topological polar surface area (TPSA) is 86.4 Å². The van der Waals surface area contributed by atoms with Crippen LogP contribution in [0.1, 0.15) is 12.0 Å². The van der Waals surface area contributed by atoms with E-state index in [9.17, 15) is 8.78 Å². The lowest BCUT2D eigenvalue weighted by Crippen LogP contribution is -2.24. The number of aromatic amines is 2. The lowest BCUT2D eigenvalue weighted by molar-refractivity contribution is 0.0115. The van der Waals surface area contributed by atoms with E-state index in [1.54, 1.807) is 28.5 Å². The molecule has 38 heavy (non-hydrogen) atoms. The second kappa shape index (κ2) is 8.74. The Labute approximate surface area is 218 Å². The van der Waals surface area contributed by atoms with Crippen molar-refractivity contribution >= 4 is 33.3 Å². The molecule has 0 radical (unpaired) electrons. The lowest BCUT2D eigenvalue weighted by Gasteiger charge is -2.15. The van der Waals surface area contributed by atoms with Crippen LogP contribution in [0.15, 0.2) is 60.4 Å². The minimum absolute atomic E-state index is 0.108. The Kier molecular flexibility index (Phi) is 5.31. The minimum atomic E-state index is -2.68. The van der Waals surface area contributed by atoms with E-state index in [0.717, 1.165) is 21.5 Å². The van der Waals surface area contributed by atoms with Gasteiger partial charge >= 0.3 is 0 Å². The molecule has 5 aromatic heterocycles. The van der Waals surface area contributed by atoms with Gasteiger partial charge in [0, 0.05) is 47.9 Å². The number of likely N-dealkylation sites (tertiary alicyclic amines) is 1. The summed E-state index contributed by atoms with van der Waals surface area (Å²) < 4.78 is 43.3. The number of H-pyrrole nitrogens is 2. The molecule has 0 unspecified atom stereocenters. The number of para-hydroxylation sites is 1. The Morgan fingerprint density at radius 1 is 1.05 bits per heavy atom. The number of rotatable bonds is 5. The van der Waals surface area contributed by atoms with Crippen LogP contribution in [0.4, 0.5) is 13.2 Å². The summed E-state index contributed by atoms with van der Waals surface area (Å²) in [5.74, 6) is -2.80. The maximum atomic E-state index is 16.0. The molecule has 0 bridgehead atoms. The van der Waals surface area contributed by atoms with Gasteiger partial charge in [0.1, 0.15) is 11.4 Å². The Morgan fingerprint density at radius 3 is 2.79 bits per heavy atom. The van der Waals surface area contributed by atoms with Gasteiger partial charge in [-0.1, -0.05) is 18.2 Å². The van der Waals surface area contributed by atoms with E-state index in [4.69, 9.17) is 4.98 Å². The van der Waals surface area contributed by atoms with Crippen molar-refractivity contribution in [3.05, 3.63) is 71.7 Å². The van der Waals surface area contributed by atoms with Crippen LogP contribution in [0.2, 0.25) is 0 Å². The molecule has 6 heterocycles. The number of nitrogens with one attached hydrogen (secondary N) is 2. The van der Waals surface area contributed by atoms with Gasteiger partial charge in [0.2, 0.25) is 0 Å². The molecule has 190 valence electrons. The normalized spacial score (nSPS) is 15.7. The molecule has 1 fully saturated rings. The molecule has 0 amide bonds. The number of thiophene rings is 1. The smallest absolute Gasteiger partial charge is 0.261 e. The molecule has 1 saturated heterocycles. The van der Waals surface area contributed by atoms with Gasteiger partial charge in [0.05, 0.1) is 34.7 Å². The van der Waals surface area contributed by atoms with Crippen molar-refractivity contribution in [2.24, 2.45) is 0 Å². The Morgan fingerprint density at radius 2 is 1.97 bits per heavy atom. The number of aromatic nitrogens is 6. The number of imidazole rings is 1. The predicted molar refractivity (Wildman–Crippen MR) is 140 cm³/mol. The number of alkyl halides is 2. The summed E-state index contributed by atoms with van der Waals surface area (Å²) in [6, 6.07) is 11.7. The molecule has 7 nitrogen and oxygen atoms in total. The van der Waals surface area contributed by atoms with E-state index in [-0.39, 0.29) is 24.0 Å². The zero-order valence-corrected chi connectivity index (χ0v) is 20.7. The van der Waals surface area contributed by atoms with Crippen LogP contribution in [-0.2, 0) is 6.54 Å². The first kappa shape index (κ1) is 23.1. The fraction of sp³-hybridized carbons (Fsp3) is 0.185. The van der Waals surface area contributed by atoms with E-state index in [1.165, 1.54) is 12.4 Å². The van der Waals surface area contributed by atoms with E-state index in [2.05, 4.69) is 25.1 Å². The van der Waals surface area contributed by atoms with Crippen LogP contribution < -0.4 is 0 Å². The summed E-state index contributed by atoms with van der Waals surface area (Å²) in [7, 11) is 0. The molecule has 0 aliphatic carbocycles. The first-order valence-electron chi connectivity index (χ1n) is 12.1. The highest BCUT2D eigenvalue weighted by Crippen LogP contribution is 2.36. The Hall–Kier alpha value is -4.09. The van der Waals surface area contributed by atoms with E-state index >= 15 is 4.39 Å². The van der Waals surface area contributed by atoms with E-state index in [0.29, 0.717) is 41.3 Å². The summed E-state index contributed by atoms with van der Waals surface area (Å²) >= 11 is 1.62. The van der Waals surface area contributed by atoms with Crippen molar-refractivity contribution < 1.29 is 13.2 Å². The molecule has 7 rings (SSSR count). The van der Waals surface area contributed by atoms with Crippen LogP contribution in [0.25, 0.3) is 55.2 Å². The summed E-state index contributed by atoms with van der Waals surface area (Å²) in [4.78, 5) is 19.4. The van der Waals surface area contributed by atoms with Crippen molar-refractivity contribution in [1.82, 2.24) is 35.0 Å².